The van der Waals surface area contributed by atoms with Crippen LogP contribution in [0.4, 0.5) is 10.1 Å². The Morgan fingerprint density at radius 2 is 1.65 bits per heavy atom. The molecule has 0 aliphatic carbocycles. The maximum atomic E-state index is 14.4. The maximum absolute atomic E-state index is 14.4. The van der Waals surface area contributed by atoms with Gasteiger partial charge >= 0.3 is 5.97 Å². The van der Waals surface area contributed by atoms with Crippen molar-refractivity contribution in [1.29, 1.82) is 0 Å². The molecular weight excluding hydrogens is 441 g/mol. The molecule has 0 unspecified atom stereocenters. The second kappa shape index (κ2) is 9.19. The summed E-state index contributed by atoms with van der Waals surface area (Å²) < 4.78 is 19.7. The van der Waals surface area contributed by atoms with Crippen LogP contribution in [0.3, 0.4) is 0 Å². The molecule has 0 radical (unpaired) electrons. The summed E-state index contributed by atoms with van der Waals surface area (Å²) in [5.74, 6) is -7.08. The summed E-state index contributed by atoms with van der Waals surface area (Å²) in [6.07, 6.45) is -1.40. The number of nitrogens with one attached hydrogen (secondary N) is 1. The van der Waals surface area contributed by atoms with Gasteiger partial charge in [-0.05, 0) is 37.3 Å². The van der Waals surface area contributed by atoms with Gasteiger partial charge in [-0.15, -0.1) is 0 Å². The molecular formula is C26H18FNO6. The van der Waals surface area contributed by atoms with Gasteiger partial charge in [-0.2, -0.15) is 0 Å². The highest BCUT2D eigenvalue weighted by atomic mass is 19.1. The zero-order chi connectivity index (χ0) is 24.4. The monoisotopic (exact) mass is 459 g/mol. The van der Waals surface area contributed by atoms with Crippen molar-refractivity contribution in [1.82, 2.24) is 0 Å². The molecule has 1 heterocycles. The number of cyclic esters (lactones) is 1. The maximum Gasteiger partial charge on any atom is 0.339 e. The van der Waals surface area contributed by atoms with E-state index < -0.39 is 46.8 Å². The molecule has 0 aromatic heterocycles. The number of rotatable bonds is 7. The third kappa shape index (κ3) is 4.25. The van der Waals surface area contributed by atoms with Crippen molar-refractivity contribution in [2.45, 2.75) is 13.0 Å². The van der Waals surface area contributed by atoms with Crippen molar-refractivity contribution >= 4 is 34.9 Å². The van der Waals surface area contributed by atoms with E-state index in [4.69, 9.17) is 4.74 Å². The van der Waals surface area contributed by atoms with Gasteiger partial charge in [-0.3, -0.25) is 19.2 Å². The third-order valence-electron chi connectivity index (χ3n) is 5.48. The summed E-state index contributed by atoms with van der Waals surface area (Å²) in [7, 11) is 0. The Morgan fingerprint density at radius 1 is 0.941 bits per heavy atom. The highest BCUT2D eigenvalue weighted by Gasteiger charge is 2.46. The summed E-state index contributed by atoms with van der Waals surface area (Å²) in [6, 6.07) is 17.1. The van der Waals surface area contributed by atoms with Crippen LogP contribution >= 0.6 is 0 Å². The number of amides is 1. The number of hydrogen-bond acceptors (Lipinski definition) is 6. The number of ether oxygens (including phenoxy) is 1. The normalized spacial score (nSPS) is 15.1. The van der Waals surface area contributed by atoms with Gasteiger partial charge in [0.2, 0.25) is 5.78 Å². The summed E-state index contributed by atoms with van der Waals surface area (Å²) in [4.78, 5) is 63.4. The Balaban J connectivity index is 1.72. The van der Waals surface area contributed by atoms with E-state index >= 15 is 0 Å². The van der Waals surface area contributed by atoms with Crippen LogP contribution in [-0.4, -0.2) is 29.2 Å². The number of ketones is 3. The van der Waals surface area contributed by atoms with Crippen molar-refractivity contribution in [2.24, 2.45) is 5.92 Å². The zero-order valence-corrected chi connectivity index (χ0v) is 17.9. The number of halogens is 1. The molecule has 1 N–H and O–H groups in total. The van der Waals surface area contributed by atoms with Gasteiger partial charge in [0, 0.05) is 16.8 Å². The van der Waals surface area contributed by atoms with Gasteiger partial charge in [0.05, 0.1) is 11.1 Å². The fraction of sp³-hybridized carbons (Fsp3) is 0.115. The van der Waals surface area contributed by atoms with Crippen molar-refractivity contribution in [3.8, 4) is 0 Å². The fourth-order valence-corrected chi connectivity index (χ4v) is 3.79. The average molecular weight is 459 g/mol. The molecule has 8 heteroatoms. The number of benzene rings is 3. The lowest BCUT2D eigenvalue weighted by Crippen LogP contribution is -2.38. The van der Waals surface area contributed by atoms with Gasteiger partial charge in [0.15, 0.2) is 11.6 Å². The molecule has 2 atom stereocenters. The molecule has 3 aromatic carbocycles. The molecule has 170 valence electrons. The lowest BCUT2D eigenvalue weighted by molar-refractivity contribution is -0.138. The van der Waals surface area contributed by atoms with E-state index in [-0.39, 0.29) is 22.6 Å². The molecule has 0 fully saturated rings. The van der Waals surface area contributed by atoms with E-state index in [2.05, 4.69) is 5.32 Å². The number of fused-ring (bicyclic) bond motifs is 1. The van der Waals surface area contributed by atoms with Crippen LogP contribution in [0, 0.1) is 11.7 Å². The minimum atomic E-state index is -1.82. The molecule has 1 aliphatic heterocycles. The second-order valence-corrected chi connectivity index (χ2v) is 7.69. The predicted molar refractivity (Wildman–Crippen MR) is 119 cm³/mol. The van der Waals surface area contributed by atoms with Crippen LogP contribution in [0.2, 0.25) is 0 Å². The van der Waals surface area contributed by atoms with Crippen LogP contribution < -0.4 is 5.32 Å². The highest BCUT2D eigenvalue weighted by molar-refractivity contribution is 6.45. The summed E-state index contributed by atoms with van der Waals surface area (Å²) in [5, 5.41) is 2.37. The molecule has 0 spiro atoms. The van der Waals surface area contributed by atoms with Crippen LogP contribution in [0.1, 0.15) is 49.7 Å². The van der Waals surface area contributed by atoms with Gasteiger partial charge in [0.1, 0.15) is 17.8 Å². The topological polar surface area (TPSA) is 107 Å². The molecule has 4 rings (SSSR count). The van der Waals surface area contributed by atoms with E-state index in [9.17, 15) is 28.4 Å². The number of Topliss-reactive ketones (excluding diaryl/α,β-unsaturated/α-hetero) is 3. The second-order valence-electron chi connectivity index (χ2n) is 7.69. The first-order valence-electron chi connectivity index (χ1n) is 10.3. The largest absolute Gasteiger partial charge is 0.453 e. The Labute approximate surface area is 193 Å². The lowest BCUT2D eigenvalue weighted by Gasteiger charge is -2.21. The molecule has 7 nitrogen and oxygen atoms in total. The quantitative estimate of drug-likeness (QED) is 0.248. The van der Waals surface area contributed by atoms with Gasteiger partial charge < -0.3 is 10.1 Å². The van der Waals surface area contributed by atoms with Crippen LogP contribution in [-0.2, 0) is 14.3 Å². The lowest BCUT2D eigenvalue weighted by atomic mass is 9.84. The molecule has 0 bridgehead atoms. The third-order valence-corrected chi connectivity index (χ3v) is 5.48. The summed E-state index contributed by atoms with van der Waals surface area (Å²) >= 11 is 0. The fourth-order valence-electron chi connectivity index (χ4n) is 3.79. The van der Waals surface area contributed by atoms with E-state index in [0.29, 0.717) is 5.56 Å². The van der Waals surface area contributed by atoms with Crippen molar-refractivity contribution < 1.29 is 33.1 Å². The number of carbonyl (C=O) groups is 5. The Morgan fingerprint density at radius 3 is 2.38 bits per heavy atom. The van der Waals surface area contributed by atoms with E-state index in [1.54, 1.807) is 18.2 Å². The van der Waals surface area contributed by atoms with E-state index in [1.807, 2.05) is 0 Å². The molecule has 1 aliphatic rings. The molecule has 0 saturated carbocycles. The minimum absolute atomic E-state index is 0.154. The first-order valence-corrected chi connectivity index (χ1v) is 10.3. The van der Waals surface area contributed by atoms with Gasteiger partial charge in [0.25, 0.3) is 5.91 Å². The molecule has 0 saturated heterocycles. The number of carbonyl (C=O) groups excluding carboxylic acids is 5. The first kappa shape index (κ1) is 22.7. The van der Waals surface area contributed by atoms with Crippen LogP contribution in [0.5, 0.6) is 0 Å². The molecule has 3 aromatic rings. The van der Waals surface area contributed by atoms with Crippen molar-refractivity contribution in [2.75, 3.05) is 5.32 Å². The smallest absolute Gasteiger partial charge is 0.339 e. The first-order chi connectivity index (χ1) is 16.3. The Hall–Kier alpha value is -4.46. The highest BCUT2D eigenvalue weighted by Crippen LogP contribution is 2.38. The Bertz CT molecular complexity index is 1350. The average Bonchev–Trinajstić information content (AvgIpc) is 3.15. The number of esters is 1. The van der Waals surface area contributed by atoms with Crippen LogP contribution in [0.25, 0.3) is 0 Å². The van der Waals surface area contributed by atoms with Crippen molar-refractivity contribution in [3.63, 3.8) is 0 Å². The Kier molecular flexibility index (Phi) is 6.14. The zero-order valence-electron chi connectivity index (χ0n) is 17.9. The standard InChI is InChI=1S/C26H18FNO6/c1-14(29)15-7-6-8-16(13-15)28-25(32)23(31)21(22(30)19-11-4-5-12-20(19)27)24-17-9-2-3-10-18(17)26(33)34-24/h2-13,21,24H,1H3,(H,28,32)/t21-,24-/m1/s1. The minimum Gasteiger partial charge on any atom is -0.453 e. The molecule has 34 heavy (non-hydrogen) atoms. The van der Waals surface area contributed by atoms with E-state index in [0.717, 1.165) is 6.07 Å². The molecule has 1 amide bonds. The van der Waals surface area contributed by atoms with E-state index in [1.165, 1.54) is 55.5 Å². The SMILES string of the molecule is CC(=O)c1cccc(NC(=O)C(=O)[C@@H](C(=O)c2ccccc2F)[C@@H]2OC(=O)c3ccccc32)c1. The summed E-state index contributed by atoms with van der Waals surface area (Å²) in [5.41, 5.74) is 0.464. The predicted octanol–water partition coefficient (Wildman–Crippen LogP) is 3.95. The van der Waals surface area contributed by atoms with Crippen LogP contribution in [0.15, 0.2) is 72.8 Å². The number of hydrogen-bond donors (Lipinski definition) is 1. The summed E-state index contributed by atoms with van der Waals surface area (Å²) in [6.45, 7) is 1.35. The van der Waals surface area contributed by atoms with Crippen molar-refractivity contribution in [3.05, 3.63) is 101 Å². The number of anilines is 1. The van der Waals surface area contributed by atoms with Gasteiger partial charge in [-0.25, -0.2) is 9.18 Å². The van der Waals surface area contributed by atoms with Gasteiger partial charge in [-0.1, -0.05) is 42.5 Å².